The van der Waals surface area contributed by atoms with Gasteiger partial charge in [0, 0.05) is 11.6 Å². The molecule has 0 saturated carbocycles. The molecule has 0 atom stereocenters. The van der Waals surface area contributed by atoms with Crippen molar-refractivity contribution in [2.45, 2.75) is 6.54 Å². The first-order chi connectivity index (χ1) is 8.18. The summed E-state index contributed by atoms with van der Waals surface area (Å²) in [5.74, 6) is -2.53. The van der Waals surface area contributed by atoms with E-state index in [4.69, 9.17) is 0 Å². The summed E-state index contributed by atoms with van der Waals surface area (Å²) >= 11 is 1.36. The molecule has 1 heterocycles. The van der Waals surface area contributed by atoms with Gasteiger partial charge in [-0.15, -0.1) is 11.3 Å². The number of aromatic nitrogens is 1. The monoisotopic (exact) mass is 254 g/mol. The van der Waals surface area contributed by atoms with Crippen LogP contribution in [0.2, 0.25) is 0 Å². The zero-order valence-corrected chi connectivity index (χ0v) is 9.43. The van der Waals surface area contributed by atoms with Crippen molar-refractivity contribution in [3.8, 4) is 0 Å². The highest BCUT2D eigenvalue weighted by atomic mass is 32.1. The second-order valence-electron chi connectivity index (χ2n) is 3.21. The Labute approximate surface area is 100 Å². The predicted molar refractivity (Wildman–Crippen MR) is 59.6 cm³/mol. The average Bonchev–Trinajstić information content (AvgIpc) is 2.79. The molecule has 0 fully saturated rings. The number of benzene rings is 1. The first-order valence-corrected chi connectivity index (χ1v) is 5.67. The first kappa shape index (κ1) is 11.7. The molecule has 3 nitrogen and oxygen atoms in total. The van der Waals surface area contributed by atoms with Gasteiger partial charge in [0.25, 0.3) is 5.91 Å². The third-order valence-corrected chi connectivity index (χ3v) is 2.85. The van der Waals surface area contributed by atoms with E-state index in [-0.39, 0.29) is 6.54 Å². The molecule has 0 aliphatic carbocycles. The Morgan fingerprint density at radius 2 is 2.06 bits per heavy atom. The van der Waals surface area contributed by atoms with Gasteiger partial charge in [0.05, 0.1) is 6.54 Å². The smallest absolute Gasteiger partial charge is 0.257 e. The van der Waals surface area contributed by atoms with Crippen LogP contribution in [0.3, 0.4) is 0 Å². The minimum absolute atomic E-state index is 0.157. The molecule has 0 saturated heterocycles. The summed E-state index contributed by atoms with van der Waals surface area (Å²) in [7, 11) is 0. The van der Waals surface area contributed by atoms with E-state index >= 15 is 0 Å². The highest BCUT2D eigenvalue weighted by molar-refractivity contribution is 7.09. The summed E-state index contributed by atoms with van der Waals surface area (Å²) in [6, 6.07) is 3.30. The van der Waals surface area contributed by atoms with Crippen LogP contribution in [0.5, 0.6) is 0 Å². The Hall–Kier alpha value is -1.82. The van der Waals surface area contributed by atoms with Crippen LogP contribution in [0.25, 0.3) is 0 Å². The molecule has 88 valence electrons. The number of halogens is 2. The van der Waals surface area contributed by atoms with Crippen LogP contribution in [0.15, 0.2) is 29.8 Å². The zero-order chi connectivity index (χ0) is 12.3. The maximum Gasteiger partial charge on any atom is 0.257 e. The Morgan fingerprint density at radius 1 is 1.35 bits per heavy atom. The second-order valence-corrected chi connectivity index (χ2v) is 4.18. The molecule has 6 heteroatoms. The Balaban J connectivity index is 2.10. The van der Waals surface area contributed by atoms with E-state index in [1.54, 1.807) is 11.6 Å². The van der Waals surface area contributed by atoms with E-state index in [0.29, 0.717) is 5.01 Å². The van der Waals surface area contributed by atoms with Gasteiger partial charge in [0.15, 0.2) is 0 Å². The molecular weight excluding hydrogens is 246 g/mol. The number of amides is 1. The molecule has 17 heavy (non-hydrogen) atoms. The first-order valence-electron chi connectivity index (χ1n) is 4.79. The SMILES string of the molecule is O=C(NCc1nccs1)c1c(F)cccc1F. The summed E-state index contributed by atoms with van der Waals surface area (Å²) in [5, 5.41) is 4.84. The van der Waals surface area contributed by atoms with Gasteiger partial charge in [-0.2, -0.15) is 0 Å². The number of nitrogens with zero attached hydrogens (tertiary/aromatic N) is 1. The molecular formula is C11H8F2N2OS. The number of carbonyl (C=O) groups is 1. The van der Waals surface area contributed by atoms with Crippen molar-refractivity contribution in [1.82, 2.24) is 10.3 Å². The van der Waals surface area contributed by atoms with E-state index in [0.717, 1.165) is 12.1 Å². The molecule has 1 aromatic carbocycles. The summed E-state index contributed by atoms with van der Waals surface area (Å²) in [4.78, 5) is 15.5. The van der Waals surface area contributed by atoms with Crippen molar-refractivity contribution in [3.63, 3.8) is 0 Å². The molecule has 2 aromatic rings. The molecule has 1 amide bonds. The predicted octanol–water partition coefficient (Wildman–Crippen LogP) is 2.35. The number of hydrogen-bond donors (Lipinski definition) is 1. The van der Waals surface area contributed by atoms with Crippen molar-refractivity contribution in [1.29, 1.82) is 0 Å². The van der Waals surface area contributed by atoms with Crippen LogP contribution in [0.4, 0.5) is 8.78 Å². The van der Waals surface area contributed by atoms with Gasteiger partial charge < -0.3 is 5.32 Å². The van der Waals surface area contributed by atoms with Crippen molar-refractivity contribution < 1.29 is 13.6 Å². The van der Waals surface area contributed by atoms with Gasteiger partial charge >= 0.3 is 0 Å². The van der Waals surface area contributed by atoms with Crippen LogP contribution < -0.4 is 5.32 Å². The molecule has 0 spiro atoms. The lowest BCUT2D eigenvalue weighted by molar-refractivity contribution is 0.0942. The fraction of sp³-hybridized carbons (Fsp3) is 0.0909. The Bertz CT molecular complexity index is 508. The standard InChI is InChI=1S/C11H8F2N2OS/c12-7-2-1-3-8(13)10(7)11(16)15-6-9-14-4-5-17-9/h1-5H,6H2,(H,15,16). The largest absolute Gasteiger partial charge is 0.345 e. The molecule has 0 aliphatic heterocycles. The molecule has 2 rings (SSSR count). The lowest BCUT2D eigenvalue weighted by atomic mass is 10.2. The van der Waals surface area contributed by atoms with Crippen LogP contribution in [-0.2, 0) is 6.54 Å². The molecule has 0 bridgehead atoms. The van der Waals surface area contributed by atoms with Crippen LogP contribution in [0, 0.1) is 11.6 Å². The molecule has 1 aromatic heterocycles. The van der Waals surface area contributed by atoms with Crippen molar-refractivity contribution in [2.75, 3.05) is 0 Å². The minimum atomic E-state index is -0.873. The van der Waals surface area contributed by atoms with Crippen LogP contribution in [-0.4, -0.2) is 10.9 Å². The maximum atomic E-state index is 13.3. The van der Waals surface area contributed by atoms with E-state index in [1.807, 2.05) is 0 Å². The van der Waals surface area contributed by atoms with Gasteiger partial charge in [0.2, 0.25) is 0 Å². The zero-order valence-electron chi connectivity index (χ0n) is 8.61. The Kier molecular flexibility index (Phi) is 3.43. The fourth-order valence-electron chi connectivity index (χ4n) is 1.30. The third-order valence-electron chi connectivity index (χ3n) is 2.07. The normalized spacial score (nSPS) is 10.2. The lowest BCUT2D eigenvalue weighted by Crippen LogP contribution is -2.24. The average molecular weight is 254 g/mol. The number of hydrogen-bond acceptors (Lipinski definition) is 3. The fourth-order valence-corrected chi connectivity index (χ4v) is 1.86. The molecule has 0 radical (unpaired) electrons. The van der Waals surface area contributed by atoms with Crippen LogP contribution >= 0.6 is 11.3 Å². The topological polar surface area (TPSA) is 42.0 Å². The van der Waals surface area contributed by atoms with Crippen molar-refractivity contribution >= 4 is 17.2 Å². The highest BCUT2D eigenvalue weighted by Crippen LogP contribution is 2.12. The summed E-state index contributed by atoms with van der Waals surface area (Å²) in [5.41, 5.74) is -0.566. The third kappa shape index (κ3) is 2.65. The Morgan fingerprint density at radius 3 is 2.65 bits per heavy atom. The summed E-state index contributed by atoms with van der Waals surface area (Å²) in [6.45, 7) is 0.157. The van der Waals surface area contributed by atoms with Gasteiger partial charge in [-0.1, -0.05) is 6.07 Å². The highest BCUT2D eigenvalue weighted by Gasteiger charge is 2.16. The van der Waals surface area contributed by atoms with E-state index in [9.17, 15) is 13.6 Å². The molecule has 1 N–H and O–H groups in total. The summed E-state index contributed by atoms with van der Waals surface area (Å²) in [6.07, 6.45) is 1.59. The molecule has 0 aliphatic rings. The van der Waals surface area contributed by atoms with E-state index in [2.05, 4.69) is 10.3 Å². The lowest BCUT2D eigenvalue weighted by Gasteiger charge is -2.05. The quantitative estimate of drug-likeness (QED) is 0.913. The maximum absolute atomic E-state index is 13.3. The number of nitrogens with one attached hydrogen (secondary N) is 1. The number of rotatable bonds is 3. The van der Waals surface area contributed by atoms with Crippen molar-refractivity contribution in [3.05, 3.63) is 52.0 Å². The van der Waals surface area contributed by atoms with Gasteiger partial charge in [-0.25, -0.2) is 13.8 Å². The number of carbonyl (C=O) groups excluding carboxylic acids is 1. The van der Waals surface area contributed by atoms with Gasteiger partial charge in [-0.3, -0.25) is 4.79 Å². The number of thiazole rings is 1. The van der Waals surface area contributed by atoms with E-state index < -0.39 is 23.1 Å². The van der Waals surface area contributed by atoms with Gasteiger partial charge in [0.1, 0.15) is 22.2 Å². The summed E-state index contributed by atoms with van der Waals surface area (Å²) < 4.78 is 26.5. The van der Waals surface area contributed by atoms with Crippen LogP contribution in [0.1, 0.15) is 15.4 Å². The second kappa shape index (κ2) is 5.01. The van der Waals surface area contributed by atoms with Crippen molar-refractivity contribution in [2.24, 2.45) is 0 Å². The van der Waals surface area contributed by atoms with E-state index in [1.165, 1.54) is 17.4 Å². The molecule has 0 unspecified atom stereocenters. The van der Waals surface area contributed by atoms with Gasteiger partial charge in [-0.05, 0) is 12.1 Å². The minimum Gasteiger partial charge on any atom is -0.345 e.